The van der Waals surface area contributed by atoms with Crippen molar-refractivity contribution < 1.29 is 28.9 Å². The van der Waals surface area contributed by atoms with E-state index in [1.165, 1.54) is 7.11 Å². The number of methoxy groups -OCH3 is 3. The number of esters is 1. The number of thiocarbonyl (C=S) groups is 1. The molecule has 2 N–H and O–H groups in total. The van der Waals surface area contributed by atoms with E-state index in [2.05, 4.69) is 46.9 Å². The lowest BCUT2D eigenvalue weighted by atomic mass is 10.3. The number of nitrogens with zero attached hydrogens (tertiary/aromatic N) is 1. The van der Waals surface area contributed by atoms with E-state index < -0.39 is 11.9 Å². The molecular formula is C19H16Br2N2O6S2. The van der Waals surface area contributed by atoms with Crippen LogP contribution in [-0.4, -0.2) is 48.3 Å². The number of carbonyl (C=O) groups excluding carboxylic acids is 1. The lowest BCUT2D eigenvalue weighted by Crippen LogP contribution is -2.21. The van der Waals surface area contributed by atoms with Gasteiger partial charge in [-0.25, -0.2) is 14.6 Å². The maximum absolute atomic E-state index is 11.1. The molecule has 0 aliphatic heterocycles. The Morgan fingerprint density at radius 1 is 1.06 bits per heavy atom. The minimum Gasteiger partial charge on any atom is -0.496 e. The topological polar surface area (TPSA) is 107 Å². The number of rotatable bonds is 4. The lowest BCUT2D eigenvalue weighted by molar-refractivity contribution is -0.132. The summed E-state index contributed by atoms with van der Waals surface area (Å²) < 4.78 is 17.0. The van der Waals surface area contributed by atoms with Gasteiger partial charge in [0.15, 0.2) is 4.99 Å². The van der Waals surface area contributed by atoms with Gasteiger partial charge < -0.3 is 24.6 Å². The molecule has 0 unspecified atom stereocenters. The number of ether oxygens (including phenoxy) is 3. The van der Waals surface area contributed by atoms with Crippen molar-refractivity contribution in [2.75, 3.05) is 26.6 Å². The third-order valence-corrected chi connectivity index (χ3v) is 6.14. The van der Waals surface area contributed by atoms with Gasteiger partial charge in [0.05, 0.1) is 40.5 Å². The van der Waals surface area contributed by atoms with Crippen molar-refractivity contribution in [3.8, 4) is 11.5 Å². The Morgan fingerprint density at radius 3 is 2.26 bits per heavy atom. The smallest absolute Gasteiger partial charge is 0.365 e. The molecule has 2 aromatic carbocycles. The largest absolute Gasteiger partial charge is 0.496 e. The van der Waals surface area contributed by atoms with Gasteiger partial charge in [-0.05, 0) is 56.1 Å². The van der Waals surface area contributed by atoms with E-state index in [1.54, 1.807) is 44.6 Å². The van der Waals surface area contributed by atoms with Crippen molar-refractivity contribution in [2.45, 2.75) is 0 Å². The molecule has 31 heavy (non-hydrogen) atoms. The second kappa shape index (κ2) is 11.4. The number of thiazole rings is 1. The minimum absolute atomic E-state index is 0.0135. The molecule has 12 heteroatoms. The van der Waals surface area contributed by atoms with E-state index >= 15 is 0 Å². The summed E-state index contributed by atoms with van der Waals surface area (Å²) in [4.78, 5) is 25.8. The molecule has 0 aliphatic rings. The number of halogens is 2. The van der Waals surface area contributed by atoms with Gasteiger partial charge in [-0.2, -0.15) is 0 Å². The van der Waals surface area contributed by atoms with Gasteiger partial charge in [0.1, 0.15) is 11.5 Å². The molecule has 1 aromatic heterocycles. The summed E-state index contributed by atoms with van der Waals surface area (Å²) in [7, 11) is 4.41. The summed E-state index contributed by atoms with van der Waals surface area (Å²) in [5, 5.41) is 11.6. The van der Waals surface area contributed by atoms with Crippen molar-refractivity contribution in [1.82, 2.24) is 4.98 Å². The summed E-state index contributed by atoms with van der Waals surface area (Å²) >= 11 is 12.6. The van der Waals surface area contributed by atoms with Crippen LogP contribution in [0.15, 0.2) is 39.3 Å². The van der Waals surface area contributed by atoms with Crippen molar-refractivity contribution in [2.24, 2.45) is 0 Å². The number of hydrogen-bond acceptors (Lipinski definition) is 8. The summed E-state index contributed by atoms with van der Waals surface area (Å²) in [5.74, 6) is -0.203. The zero-order valence-corrected chi connectivity index (χ0v) is 21.2. The zero-order chi connectivity index (χ0) is 23.1. The third-order valence-electron chi connectivity index (χ3n) is 3.63. The Balaban J connectivity index is 0.000000220. The van der Waals surface area contributed by atoms with Gasteiger partial charge >= 0.3 is 11.9 Å². The molecule has 1 heterocycles. The number of anilines is 1. The van der Waals surface area contributed by atoms with Crippen molar-refractivity contribution in [3.63, 3.8) is 0 Å². The van der Waals surface area contributed by atoms with Crippen LogP contribution in [0, 0.1) is 0 Å². The van der Waals surface area contributed by atoms with Gasteiger partial charge in [-0.15, -0.1) is 11.3 Å². The van der Waals surface area contributed by atoms with Gasteiger partial charge in [-0.3, -0.25) is 0 Å². The average molecular weight is 592 g/mol. The molecule has 0 spiro atoms. The van der Waals surface area contributed by atoms with E-state index in [0.29, 0.717) is 22.7 Å². The van der Waals surface area contributed by atoms with Crippen LogP contribution in [0.2, 0.25) is 0 Å². The highest BCUT2D eigenvalue weighted by Crippen LogP contribution is 2.33. The van der Waals surface area contributed by atoms with Crippen LogP contribution < -0.4 is 14.8 Å². The molecule has 0 amide bonds. The average Bonchev–Trinajstić information content (AvgIpc) is 3.16. The highest BCUT2D eigenvalue weighted by Gasteiger charge is 2.13. The van der Waals surface area contributed by atoms with Gasteiger partial charge in [0.2, 0.25) is 5.01 Å². The van der Waals surface area contributed by atoms with Crippen LogP contribution in [0.4, 0.5) is 5.69 Å². The standard InChI is InChI=1S/C10H10BrNO3S.C9H6BrNO3S/c1-14-8-4-3-6(5-7(8)11)12-9(16)10(13)15-2;1-14-6-3-7-5(2-4(6)10)11-8(15-7)9(12)13/h3-5H,1-2H3,(H,12,16);2-3H,1H3,(H,12,13). The van der Waals surface area contributed by atoms with Gasteiger partial charge in [0.25, 0.3) is 0 Å². The fraction of sp³-hybridized carbons (Fsp3) is 0.158. The van der Waals surface area contributed by atoms with Gasteiger partial charge in [-0.1, -0.05) is 12.2 Å². The Bertz CT molecular complexity index is 1140. The van der Waals surface area contributed by atoms with Crippen LogP contribution >= 0.6 is 55.4 Å². The van der Waals surface area contributed by atoms with E-state index in [0.717, 1.165) is 25.0 Å². The first kappa shape index (κ1) is 25.0. The molecule has 0 saturated heterocycles. The molecule has 3 aromatic rings. The third kappa shape index (κ3) is 6.60. The van der Waals surface area contributed by atoms with E-state index in [9.17, 15) is 9.59 Å². The molecule has 0 aliphatic carbocycles. The number of nitrogens with one attached hydrogen (secondary N) is 1. The number of aromatic carboxylic acids is 1. The first-order valence-corrected chi connectivity index (χ1v) is 11.1. The number of aromatic nitrogens is 1. The molecule has 0 fully saturated rings. The van der Waals surface area contributed by atoms with Crippen LogP contribution in [0.5, 0.6) is 11.5 Å². The van der Waals surface area contributed by atoms with Crippen molar-refractivity contribution >= 4 is 88.2 Å². The fourth-order valence-electron chi connectivity index (χ4n) is 2.20. The first-order chi connectivity index (χ1) is 14.7. The quantitative estimate of drug-likeness (QED) is 0.315. The number of carboxylic acid groups (broad SMARTS) is 1. The van der Waals surface area contributed by atoms with Gasteiger partial charge in [0, 0.05) is 11.8 Å². The predicted octanol–water partition coefficient (Wildman–Crippen LogP) is 5.14. The van der Waals surface area contributed by atoms with E-state index in [4.69, 9.17) is 26.8 Å². The molecule has 3 rings (SSSR count). The molecular weight excluding hydrogens is 576 g/mol. The molecule has 0 atom stereocenters. The van der Waals surface area contributed by atoms with E-state index in [1.807, 2.05) is 0 Å². The SMILES string of the molecule is COC(=O)C(=S)Nc1ccc(OC)c(Br)c1.COc1cc2sc(C(=O)O)nc2cc1Br. The normalized spacial score (nSPS) is 9.97. The Kier molecular flexibility index (Phi) is 9.16. The van der Waals surface area contributed by atoms with E-state index in [-0.39, 0.29) is 10.00 Å². The van der Waals surface area contributed by atoms with Crippen LogP contribution in [0.25, 0.3) is 10.2 Å². The highest BCUT2D eigenvalue weighted by atomic mass is 79.9. The zero-order valence-electron chi connectivity index (χ0n) is 16.4. The molecule has 0 radical (unpaired) electrons. The molecule has 0 saturated carbocycles. The second-order valence-corrected chi connectivity index (χ2v) is 8.72. The van der Waals surface area contributed by atoms with Crippen LogP contribution in [0.3, 0.4) is 0 Å². The number of hydrogen-bond donors (Lipinski definition) is 2. The molecule has 8 nitrogen and oxygen atoms in total. The summed E-state index contributed by atoms with van der Waals surface area (Å²) in [6.45, 7) is 0. The number of carboxylic acids is 1. The van der Waals surface area contributed by atoms with Crippen molar-refractivity contribution in [1.29, 1.82) is 0 Å². The fourth-order valence-corrected chi connectivity index (χ4v) is 4.25. The Labute approximate surface area is 203 Å². The van der Waals surface area contributed by atoms with Crippen molar-refractivity contribution in [3.05, 3.63) is 44.3 Å². The minimum atomic E-state index is -1.01. The maximum atomic E-state index is 11.1. The Hall–Kier alpha value is -2.28. The number of carbonyl (C=O) groups is 2. The summed E-state index contributed by atoms with van der Waals surface area (Å²) in [6, 6.07) is 8.78. The number of benzene rings is 2. The number of fused-ring (bicyclic) bond motifs is 1. The molecule has 0 bridgehead atoms. The monoisotopic (exact) mass is 590 g/mol. The predicted molar refractivity (Wildman–Crippen MR) is 130 cm³/mol. The maximum Gasteiger partial charge on any atom is 0.365 e. The molecule has 164 valence electrons. The van der Waals surface area contributed by atoms with Crippen LogP contribution in [0.1, 0.15) is 9.80 Å². The first-order valence-electron chi connectivity index (χ1n) is 8.30. The summed E-state index contributed by atoms with van der Waals surface area (Å²) in [6.07, 6.45) is 0. The lowest BCUT2D eigenvalue weighted by Gasteiger charge is -2.08. The Morgan fingerprint density at radius 2 is 1.71 bits per heavy atom. The summed E-state index contributed by atoms with van der Waals surface area (Å²) in [5.41, 5.74) is 1.34. The second-order valence-electron chi connectivity index (χ2n) is 5.57. The van der Waals surface area contributed by atoms with Crippen LogP contribution in [-0.2, 0) is 9.53 Å². The highest BCUT2D eigenvalue weighted by molar-refractivity contribution is 9.11.